The Morgan fingerprint density at radius 1 is 1.24 bits per heavy atom. The maximum atomic E-state index is 13.0. The molecule has 0 saturated heterocycles. The van der Waals surface area contributed by atoms with Gasteiger partial charge in [-0.25, -0.2) is 4.79 Å². The predicted octanol–water partition coefficient (Wildman–Crippen LogP) is 3.25. The smallest absolute Gasteiger partial charge is 0.328 e. The molecule has 0 bridgehead atoms. The Balaban J connectivity index is 2.97. The van der Waals surface area contributed by atoms with Gasteiger partial charge in [0.05, 0.1) is 13.7 Å². The Bertz CT molecular complexity index is 668. The van der Waals surface area contributed by atoms with Crippen LogP contribution in [0.3, 0.4) is 0 Å². The van der Waals surface area contributed by atoms with E-state index in [1.807, 2.05) is 39.2 Å². The van der Waals surface area contributed by atoms with Crippen LogP contribution >= 0.6 is 24.4 Å². The molecule has 0 heterocycles. The van der Waals surface area contributed by atoms with Gasteiger partial charge in [0.25, 0.3) is 5.91 Å². The van der Waals surface area contributed by atoms with Crippen molar-refractivity contribution in [3.63, 3.8) is 0 Å². The molecule has 6 nitrogen and oxygen atoms in total. The molecule has 8 heteroatoms. The maximum Gasteiger partial charge on any atom is 0.328 e. The Kier molecular flexibility index (Phi) is 11.5. The van der Waals surface area contributed by atoms with Gasteiger partial charge in [-0.15, -0.1) is 0 Å². The second-order valence-corrected chi connectivity index (χ2v) is 9.08. The first-order chi connectivity index (χ1) is 13.7. The van der Waals surface area contributed by atoms with Gasteiger partial charge >= 0.3 is 5.97 Å². The first-order valence-corrected chi connectivity index (χ1v) is 11.7. The number of amides is 1. The van der Waals surface area contributed by atoms with E-state index in [2.05, 4.69) is 17.9 Å². The lowest BCUT2D eigenvalue weighted by Crippen LogP contribution is -2.42. The van der Waals surface area contributed by atoms with Crippen molar-refractivity contribution < 1.29 is 19.1 Å². The fourth-order valence-electron chi connectivity index (χ4n) is 2.74. The third-order valence-electron chi connectivity index (χ3n) is 4.63. The quantitative estimate of drug-likeness (QED) is 0.340. The van der Waals surface area contributed by atoms with Gasteiger partial charge in [0, 0.05) is 16.9 Å². The molecule has 29 heavy (non-hydrogen) atoms. The van der Waals surface area contributed by atoms with E-state index in [-0.39, 0.29) is 23.1 Å². The molecular weight excluding hydrogens is 408 g/mol. The minimum Gasteiger partial charge on any atom is -0.494 e. The molecule has 3 atom stereocenters. The summed E-state index contributed by atoms with van der Waals surface area (Å²) in [7, 11) is 1.32. The summed E-state index contributed by atoms with van der Waals surface area (Å²) in [5, 5.41) is 2.90. The SMILES string of the molecule is COC(=O)C(CCSC)NC(=O)c1cc(OCCC(N)C(C)S)ccc1C(C)C. The van der Waals surface area contributed by atoms with Crippen LogP contribution in [0.1, 0.15) is 55.5 Å². The topological polar surface area (TPSA) is 90.6 Å². The second kappa shape index (κ2) is 13.0. The average molecular weight is 443 g/mol. The van der Waals surface area contributed by atoms with Crippen LogP contribution in [0.25, 0.3) is 0 Å². The second-order valence-electron chi connectivity index (χ2n) is 7.28. The summed E-state index contributed by atoms with van der Waals surface area (Å²) < 4.78 is 10.6. The summed E-state index contributed by atoms with van der Waals surface area (Å²) >= 11 is 5.95. The fourth-order valence-corrected chi connectivity index (χ4v) is 3.36. The molecule has 0 aliphatic carbocycles. The van der Waals surface area contributed by atoms with Crippen molar-refractivity contribution in [1.82, 2.24) is 5.32 Å². The van der Waals surface area contributed by atoms with Crippen molar-refractivity contribution in [1.29, 1.82) is 0 Å². The Morgan fingerprint density at radius 3 is 2.48 bits per heavy atom. The van der Waals surface area contributed by atoms with Gasteiger partial charge in [0.15, 0.2) is 0 Å². The summed E-state index contributed by atoms with van der Waals surface area (Å²) in [5.74, 6) is 0.727. The summed E-state index contributed by atoms with van der Waals surface area (Å²) in [4.78, 5) is 25.0. The van der Waals surface area contributed by atoms with Gasteiger partial charge in [-0.3, -0.25) is 4.79 Å². The molecule has 0 fully saturated rings. The van der Waals surface area contributed by atoms with Crippen molar-refractivity contribution in [3.05, 3.63) is 29.3 Å². The lowest BCUT2D eigenvalue weighted by molar-refractivity contribution is -0.142. The highest BCUT2D eigenvalue weighted by molar-refractivity contribution is 7.98. The van der Waals surface area contributed by atoms with Crippen LogP contribution in [-0.4, -0.2) is 54.9 Å². The summed E-state index contributed by atoms with van der Waals surface area (Å²) in [5.41, 5.74) is 7.39. The number of rotatable bonds is 12. The number of hydrogen-bond acceptors (Lipinski definition) is 7. The highest BCUT2D eigenvalue weighted by Gasteiger charge is 2.24. The molecule has 0 radical (unpaired) electrons. The number of thiol groups is 1. The summed E-state index contributed by atoms with van der Waals surface area (Å²) in [6.07, 6.45) is 3.12. The van der Waals surface area contributed by atoms with Gasteiger partial charge in [-0.05, 0) is 48.5 Å². The number of ether oxygens (including phenoxy) is 2. The molecule has 3 N–H and O–H groups in total. The lowest BCUT2D eigenvalue weighted by Gasteiger charge is -2.19. The Morgan fingerprint density at radius 2 is 1.93 bits per heavy atom. The third kappa shape index (κ3) is 8.48. The molecule has 1 aromatic rings. The molecule has 3 unspecified atom stereocenters. The number of nitrogens with two attached hydrogens (primary N) is 1. The standard InChI is InChI=1S/C21H34N2O4S2/c1-13(2)16-7-6-15(27-10-8-18(22)14(3)28)12-17(16)20(24)23-19(9-11-29-5)21(25)26-4/h6-7,12-14,18-19,28H,8-11,22H2,1-5H3,(H,23,24). The number of carbonyl (C=O) groups is 2. The molecule has 1 rings (SSSR count). The summed E-state index contributed by atoms with van der Waals surface area (Å²) in [6.45, 7) is 6.42. The molecule has 1 aromatic carbocycles. The van der Waals surface area contributed by atoms with E-state index in [0.717, 1.165) is 11.3 Å². The Labute approximate surface area is 184 Å². The van der Waals surface area contributed by atoms with Crippen LogP contribution in [0.4, 0.5) is 0 Å². The van der Waals surface area contributed by atoms with Gasteiger partial charge in [-0.1, -0.05) is 26.8 Å². The number of hydrogen-bond donors (Lipinski definition) is 3. The van der Waals surface area contributed by atoms with Crippen molar-refractivity contribution in [2.45, 2.75) is 56.9 Å². The van der Waals surface area contributed by atoms with Gasteiger partial charge < -0.3 is 20.5 Å². The minimum atomic E-state index is -0.681. The molecule has 0 saturated carbocycles. The zero-order valence-corrected chi connectivity index (χ0v) is 19.6. The molecule has 0 aliphatic heterocycles. The molecule has 1 amide bonds. The number of benzene rings is 1. The number of thioether (sulfide) groups is 1. The zero-order valence-electron chi connectivity index (χ0n) is 17.9. The molecule has 0 spiro atoms. The van der Waals surface area contributed by atoms with Gasteiger partial charge in [0.2, 0.25) is 0 Å². The average Bonchev–Trinajstić information content (AvgIpc) is 2.69. The molecular formula is C21H34N2O4S2. The largest absolute Gasteiger partial charge is 0.494 e. The van der Waals surface area contributed by atoms with E-state index >= 15 is 0 Å². The Hall–Kier alpha value is -1.38. The molecule has 0 aliphatic rings. The zero-order chi connectivity index (χ0) is 22.0. The van der Waals surface area contributed by atoms with E-state index in [1.54, 1.807) is 17.8 Å². The summed E-state index contributed by atoms with van der Waals surface area (Å²) in [6, 6.07) is 4.73. The number of esters is 1. The van der Waals surface area contributed by atoms with Crippen molar-refractivity contribution in [2.24, 2.45) is 5.73 Å². The third-order valence-corrected chi connectivity index (χ3v) is 5.66. The van der Waals surface area contributed by atoms with Crippen LogP contribution in [0.2, 0.25) is 0 Å². The number of methoxy groups -OCH3 is 1. The predicted molar refractivity (Wildman–Crippen MR) is 123 cm³/mol. The lowest BCUT2D eigenvalue weighted by atomic mass is 9.96. The van der Waals surface area contributed by atoms with Crippen LogP contribution in [0.5, 0.6) is 5.75 Å². The van der Waals surface area contributed by atoms with E-state index in [9.17, 15) is 9.59 Å². The van der Waals surface area contributed by atoms with Gasteiger partial charge in [0.1, 0.15) is 11.8 Å². The van der Waals surface area contributed by atoms with E-state index in [0.29, 0.717) is 30.8 Å². The first kappa shape index (κ1) is 25.7. The van der Waals surface area contributed by atoms with E-state index in [4.69, 9.17) is 15.2 Å². The molecule has 0 aromatic heterocycles. The van der Waals surface area contributed by atoms with Crippen molar-refractivity contribution in [2.75, 3.05) is 25.7 Å². The fraction of sp³-hybridized carbons (Fsp3) is 0.619. The monoisotopic (exact) mass is 442 g/mol. The highest BCUT2D eigenvalue weighted by atomic mass is 32.2. The maximum absolute atomic E-state index is 13.0. The molecule has 164 valence electrons. The van der Waals surface area contributed by atoms with E-state index in [1.165, 1.54) is 7.11 Å². The number of nitrogens with one attached hydrogen (secondary N) is 1. The van der Waals surface area contributed by atoms with Crippen molar-refractivity contribution in [3.8, 4) is 5.75 Å². The number of carbonyl (C=O) groups excluding carboxylic acids is 2. The normalized spacial score (nSPS) is 14.2. The minimum absolute atomic E-state index is 0.0618. The van der Waals surface area contributed by atoms with Crippen molar-refractivity contribution >= 4 is 36.3 Å². The van der Waals surface area contributed by atoms with Gasteiger partial charge in [-0.2, -0.15) is 24.4 Å². The first-order valence-electron chi connectivity index (χ1n) is 9.79. The van der Waals surface area contributed by atoms with Crippen LogP contribution in [-0.2, 0) is 9.53 Å². The van der Waals surface area contributed by atoms with Crippen LogP contribution in [0, 0.1) is 0 Å². The van der Waals surface area contributed by atoms with Crippen LogP contribution in [0.15, 0.2) is 18.2 Å². The highest BCUT2D eigenvalue weighted by Crippen LogP contribution is 2.25. The van der Waals surface area contributed by atoms with E-state index < -0.39 is 12.0 Å². The van der Waals surface area contributed by atoms with Crippen LogP contribution < -0.4 is 15.8 Å².